The number of aliphatic hydroxyl groups excluding tert-OH is 1. The number of rotatable bonds is 15. The molecule has 0 aromatic rings. The van der Waals surface area contributed by atoms with Crippen molar-refractivity contribution in [2.75, 3.05) is 33.5 Å². The SMILES string of the molecule is C=CC(=O)OCC(O)COC1CCC(C(C)C2CCC(OCC(COC(=O)C=C)OC)CC2)CC1. The van der Waals surface area contributed by atoms with Crippen LogP contribution in [-0.2, 0) is 33.3 Å². The molecule has 0 bridgehead atoms. The zero-order valence-corrected chi connectivity index (χ0v) is 21.4. The summed E-state index contributed by atoms with van der Waals surface area (Å²) < 4.78 is 27.2. The van der Waals surface area contributed by atoms with E-state index in [9.17, 15) is 14.7 Å². The molecule has 0 heterocycles. The summed E-state index contributed by atoms with van der Waals surface area (Å²) in [7, 11) is 1.59. The minimum absolute atomic E-state index is 0.0709. The maximum atomic E-state index is 11.2. The molecule has 0 aliphatic heterocycles. The molecule has 200 valence electrons. The molecule has 0 saturated heterocycles. The Bertz CT molecular complexity index is 650. The van der Waals surface area contributed by atoms with Crippen LogP contribution in [0.3, 0.4) is 0 Å². The van der Waals surface area contributed by atoms with Crippen molar-refractivity contribution in [2.24, 2.45) is 17.8 Å². The molecule has 3 atom stereocenters. The van der Waals surface area contributed by atoms with Gasteiger partial charge in [0.25, 0.3) is 0 Å². The van der Waals surface area contributed by atoms with Crippen LogP contribution in [0.25, 0.3) is 0 Å². The standard InChI is InChI=1S/C27H44O8/c1-5-26(29)34-16-22(28)15-32-23-11-7-20(8-12-23)19(3)21-9-13-24(14-10-21)33-17-25(31-4)18-35-27(30)6-2/h5-6,19-25,28H,1-2,7-18H2,3-4H3. The molecule has 2 aliphatic rings. The van der Waals surface area contributed by atoms with Gasteiger partial charge in [0, 0.05) is 19.3 Å². The van der Waals surface area contributed by atoms with Gasteiger partial charge in [-0.1, -0.05) is 20.1 Å². The lowest BCUT2D eigenvalue weighted by Gasteiger charge is -2.39. The number of hydrogen-bond acceptors (Lipinski definition) is 8. The first-order valence-corrected chi connectivity index (χ1v) is 12.9. The fourth-order valence-corrected chi connectivity index (χ4v) is 5.14. The van der Waals surface area contributed by atoms with Gasteiger partial charge in [-0.25, -0.2) is 9.59 Å². The van der Waals surface area contributed by atoms with Crippen molar-refractivity contribution in [1.29, 1.82) is 0 Å². The summed E-state index contributed by atoms with van der Waals surface area (Å²) in [5, 5.41) is 9.92. The van der Waals surface area contributed by atoms with Gasteiger partial charge < -0.3 is 28.8 Å². The number of carbonyl (C=O) groups is 2. The van der Waals surface area contributed by atoms with Gasteiger partial charge in [-0.05, 0) is 69.1 Å². The van der Waals surface area contributed by atoms with Crippen LogP contribution in [0.5, 0.6) is 0 Å². The summed E-state index contributed by atoms with van der Waals surface area (Å²) in [6.45, 7) is 9.81. The van der Waals surface area contributed by atoms with Crippen LogP contribution in [0, 0.1) is 17.8 Å². The van der Waals surface area contributed by atoms with Crippen molar-refractivity contribution in [3.8, 4) is 0 Å². The van der Waals surface area contributed by atoms with Crippen molar-refractivity contribution >= 4 is 11.9 Å². The summed E-state index contributed by atoms with van der Waals surface area (Å²) in [5.41, 5.74) is 0. The molecule has 3 unspecified atom stereocenters. The first kappa shape index (κ1) is 29.5. The van der Waals surface area contributed by atoms with Gasteiger partial charge in [-0.3, -0.25) is 0 Å². The number of hydrogen-bond donors (Lipinski definition) is 1. The Morgan fingerprint density at radius 2 is 1.26 bits per heavy atom. The van der Waals surface area contributed by atoms with Gasteiger partial charge in [0.1, 0.15) is 25.4 Å². The number of ether oxygens (including phenoxy) is 5. The molecule has 35 heavy (non-hydrogen) atoms. The second kappa shape index (κ2) is 16.1. The highest BCUT2D eigenvalue weighted by atomic mass is 16.6. The Balaban J connectivity index is 1.61. The quantitative estimate of drug-likeness (QED) is 0.271. The van der Waals surface area contributed by atoms with Gasteiger partial charge in [0.15, 0.2) is 0 Å². The van der Waals surface area contributed by atoms with Crippen molar-refractivity contribution in [2.45, 2.75) is 82.7 Å². The van der Waals surface area contributed by atoms with Crippen molar-refractivity contribution in [3.05, 3.63) is 25.3 Å². The van der Waals surface area contributed by atoms with Gasteiger partial charge in [0.05, 0.1) is 25.4 Å². The van der Waals surface area contributed by atoms with Crippen LogP contribution in [0.4, 0.5) is 0 Å². The van der Waals surface area contributed by atoms with Crippen LogP contribution in [0.2, 0.25) is 0 Å². The molecule has 0 aromatic heterocycles. The Morgan fingerprint density at radius 1 is 0.800 bits per heavy atom. The second-order valence-corrected chi connectivity index (χ2v) is 9.78. The average Bonchev–Trinajstić information content (AvgIpc) is 2.90. The van der Waals surface area contributed by atoms with E-state index in [4.69, 9.17) is 23.7 Å². The van der Waals surface area contributed by atoms with Crippen LogP contribution in [-0.4, -0.2) is 75.0 Å². The second-order valence-electron chi connectivity index (χ2n) is 9.78. The summed E-state index contributed by atoms with van der Waals surface area (Å²) in [6.07, 6.45) is 10.3. The molecule has 0 aromatic carbocycles. The lowest BCUT2D eigenvalue weighted by atomic mass is 9.70. The Kier molecular flexibility index (Phi) is 13.6. The molecule has 2 aliphatic carbocycles. The largest absolute Gasteiger partial charge is 0.460 e. The monoisotopic (exact) mass is 496 g/mol. The van der Waals surface area contributed by atoms with E-state index in [0.29, 0.717) is 24.4 Å². The molecule has 2 fully saturated rings. The van der Waals surface area contributed by atoms with E-state index in [0.717, 1.165) is 50.7 Å². The molecule has 8 heteroatoms. The molecular weight excluding hydrogens is 452 g/mol. The average molecular weight is 497 g/mol. The topological polar surface area (TPSA) is 101 Å². The van der Waals surface area contributed by atoms with E-state index in [1.165, 1.54) is 12.8 Å². The molecule has 8 nitrogen and oxygen atoms in total. The third-order valence-electron chi connectivity index (χ3n) is 7.46. The number of methoxy groups -OCH3 is 1. The first-order chi connectivity index (χ1) is 16.9. The van der Waals surface area contributed by atoms with E-state index in [1.54, 1.807) is 7.11 Å². The highest BCUT2D eigenvalue weighted by Crippen LogP contribution is 2.40. The lowest BCUT2D eigenvalue weighted by Crippen LogP contribution is -2.34. The summed E-state index contributed by atoms with van der Waals surface area (Å²) in [6, 6.07) is 0. The molecule has 2 rings (SSSR count). The van der Waals surface area contributed by atoms with Crippen molar-refractivity contribution in [1.82, 2.24) is 0 Å². The van der Waals surface area contributed by atoms with Crippen LogP contribution in [0.1, 0.15) is 58.3 Å². The van der Waals surface area contributed by atoms with E-state index in [2.05, 4.69) is 20.1 Å². The summed E-state index contributed by atoms with van der Waals surface area (Å²) >= 11 is 0. The zero-order valence-electron chi connectivity index (χ0n) is 21.4. The Morgan fingerprint density at radius 3 is 1.71 bits per heavy atom. The van der Waals surface area contributed by atoms with Gasteiger partial charge in [-0.2, -0.15) is 0 Å². The van der Waals surface area contributed by atoms with E-state index in [1.807, 2.05) is 0 Å². The fraction of sp³-hybridized carbons (Fsp3) is 0.778. The van der Waals surface area contributed by atoms with Crippen molar-refractivity contribution in [3.63, 3.8) is 0 Å². The highest BCUT2D eigenvalue weighted by Gasteiger charge is 2.33. The minimum atomic E-state index is -0.811. The lowest BCUT2D eigenvalue weighted by molar-refractivity contribution is -0.144. The third-order valence-corrected chi connectivity index (χ3v) is 7.46. The summed E-state index contributed by atoms with van der Waals surface area (Å²) in [4.78, 5) is 22.3. The number of esters is 2. The molecule has 1 N–H and O–H groups in total. The van der Waals surface area contributed by atoms with E-state index in [-0.39, 0.29) is 38.1 Å². The third kappa shape index (κ3) is 10.8. The molecule has 0 radical (unpaired) electrons. The van der Waals surface area contributed by atoms with Crippen LogP contribution >= 0.6 is 0 Å². The predicted molar refractivity (Wildman–Crippen MR) is 132 cm³/mol. The predicted octanol–water partition coefficient (Wildman–Crippen LogP) is 3.61. The molecule has 2 saturated carbocycles. The summed E-state index contributed by atoms with van der Waals surface area (Å²) in [5.74, 6) is 1.10. The van der Waals surface area contributed by atoms with Crippen molar-refractivity contribution < 1.29 is 38.4 Å². The minimum Gasteiger partial charge on any atom is -0.460 e. The maximum absolute atomic E-state index is 11.2. The normalized spacial score (nSPS) is 27.3. The molecular formula is C27H44O8. The van der Waals surface area contributed by atoms with Crippen LogP contribution in [0.15, 0.2) is 25.3 Å². The zero-order chi connectivity index (χ0) is 25.6. The fourth-order valence-electron chi connectivity index (χ4n) is 5.14. The number of carbonyl (C=O) groups excluding carboxylic acids is 2. The molecule has 0 spiro atoms. The maximum Gasteiger partial charge on any atom is 0.330 e. The number of aliphatic hydroxyl groups is 1. The van der Waals surface area contributed by atoms with Gasteiger partial charge in [-0.15, -0.1) is 0 Å². The first-order valence-electron chi connectivity index (χ1n) is 12.9. The van der Waals surface area contributed by atoms with Gasteiger partial charge in [0.2, 0.25) is 0 Å². The van der Waals surface area contributed by atoms with E-state index >= 15 is 0 Å². The van der Waals surface area contributed by atoms with Crippen LogP contribution < -0.4 is 0 Å². The van der Waals surface area contributed by atoms with E-state index < -0.39 is 18.0 Å². The smallest absolute Gasteiger partial charge is 0.330 e. The Labute approximate surface area is 210 Å². The highest BCUT2D eigenvalue weighted by molar-refractivity contribution is 5.81. The van der Waals surface area contributed by atoms with Gasteiger partial charge >= 0.3 is 11.9 Å². The molecule has 0 amide bonds. The Hall–Kier alpha value is -1.74.